The predicted molar refractivity (Wildman–Crippen MR) is 358 cm³/mol. The zero-order valence-electron chi connectivity index (χ0n) is 54.9. The van der Waals surface area contributed by atoms with Gasteiger partial charge in [-0.05, 0) is 99.9 Å². The van der Waals surface area contributed by atoms with Gasteiger partial charge in [-0.2, -0.15) is 35.3 Å². The lowest BCUT2D eigenvalue weighted by molar-refractivity contribution is -0.340. The van der Waals surface area contributed by atoms with Gasteiger partial charge in [-0.25, -0.2) is 28.1 Å². The summed E-state index contributed by atoms with van der Waals surface area (Å²) < 4.78 is 91.6. The Bertz CT molecular complexity index is 4560. The number of aromatic nitrogens is 16. The van der Waals surface area contributed by atoms with Gasteiger partial charge in [-0.3, -0.25) is 28.3 Å². The first-order valence-corrected chi connectivity index (χ1v) is 30.5. The molecule has 34 nitrogen and oxygen atoms in total. The molecule has 42 heteroatoms. The number of anilines is 2. The van der Waals surface area contributed by atoms with Crippen LogP contribution in [0.3, 0.4) is 0 Å². The van der Waals surface area contributed by atoms with Crippen molar-refractivity contribution in [3.63, 3.8) is 0 Å². The van der Waals surface area contributed by atoms with Crippen LogP contribution in [0.2, 0.25) is 0 Å². The van der Waals surface area contributed by atoms with E-state index in [0.717, 1.165) is 44.3 Å². The van der Waals surface area contributed by atoms with Crippen molar-refractivity contribution in [2.75, 3.05) is 32.0 Å². The van der Waals surface area contributed by atoms with Crippen molar-refractivity contribution < 1.29 is 75.4 Å². The SMILES string of the molecule is COC(C)(OC)OC.Cc1nc(-c2cc(-c3ccc(C(=O)Nc4c(F)cccc4F)s3)n(C)n2)no1.Cc1nc(-c2cc(B(O)O)n(C)n2)no1.Cc1nc(-c2ccn(C)n2)no1.Cn1ccc(C(N)=NO)n1.NO.O=C(Nc1c(F)cccc1F)c1ccc(Br)s1.[C-]#[N+]c1ccn(C)n1. The van der Waals surface area contributed by atoms with E-state index in [9.17, 15) is 27.2 Å². The molecule has 0 radical (unpaired) electrons. The largest absolute Gasteiger partial charge is 0.507 e. The maximum Gasteiger partial charge on any atom is 0.507 e. The maximum absolute atomic E-state index is 13.7. The summed E-state index contributed by atoms with van der Waals surface area (Å²) in [7, 11) is 11.7. The molecule has 0 unspecified atom stereocenters. The molecule has 0 aliphatic heterocycles. The van der Waals surface area contributed by atoms with Crippen LogP contribution in [0.15, 0.2) is 132 Å². The number of carbonyl (C=O) groups excluding carboxylic acids is 2. The van der Waals surface area contributed by atoms with Crippen LogP contribution in [0.1, 0.15) is 49.6 Å². The van der Waals surface area contributed by atoms with Crippen LogP contribution in [0.5, 0.6) is 0 Å². The van der Waals surface area contributed by atoms with E-state index >= 15 is 0 Å². The van der Waals surface area contributed by atoms with Crippen molar-refractivity contribution in [3.8, 4) is 45.1 Å². The lowest BCUT2D eigenvalue weighted by atomic mass is 9.86. The van der Waals surface area contributed by atoms with Crippen LogP contribution < -0.4 is 27.9 Å². The molecule has 528 valence electrons. The first kappa shape index (κ1) is 79.7. The van der Waals surface area contributed by atoms with E-state index in [4.69, 9.17) is 60.5 Å². The minimum absolute atomic E-state index is 0.0283. The van der Waals surface area contributed by atoms with Gasteiger partial charge in [-0.15, -0.1) is 22.7 Å². The summed E-state index contributed by atoms with van der Waals surface area (Å²) in [5.74, 6) is 1.34. The Morgan fingerprint density at radius 2 is 1.07 bits per heavy atom. The number of benzene rings is 2. The predicted octanol–water partition coefficient (Wildman–Crippen LogP) is 7.73. The van der Waals surface area contributed by atoms with E-state index in [1.54, 1.807) is 129 Å². The van der Waals surface area contributed by atoms with Crippen LogP contribution in [0.4, 0.5) is 34.8 Å². The van der Waals surface area contributed by atoms with Gasteiger partial charge in [0.1, 0.15) is 57.4 Å². The van der Waals surface area contributed by atoms with Gasteiger partial charge < -0.3 is 69.5 Å². The molecular weight excluding hydrogens is 1430 g/mol. The quantitative estimate of drug-likeness (QED) is 0.00799. The van der Waals surface area contributed by atoms with Gasteiger partial charge in [0.05, 0.1) is 29.7 Å². The Labute approximate surface area is 582 Å². The highest BCUT2D eigenvalue weighted by atomic mass is 79.9. The standard InChI is InChI=1S/C18H13F2N5O2S.C11H6BrF2NOS.C7H9BN4O3.C7H8N4O.C5H8N4O.C5H5N3.C5H12O3.H3NO/c1-9-21-17(24-27-9)12-8-13(25(2)23-12)14-6-7-15(28-14)18(26)22-16-10(19)4-3-5-11(16)20;12-9-5-4-8(17-9)11(16)15-10-6(13)2-1-3-7(10)14;1-4-9-7(11-15-4)5-3-6(8(13)14)12(2)10-5;1-5-8-7(10-12-5)6-3-4-11(2)9-6;1-9-3-2-4(7-9)5(6)8-10;1-6-5-3-4-8(2)7-5;1-5(6-2,7-3)8-4;1-2/h3-8H,1-2H3,(H,22,26);1-5H,(H,15,16);3,13-14H,1-2H3;3-4H,1-2H3;2-3,10H,1H3,(H2,6,8);3-4H,2H3;1-4H3;2H,1H2. The van der Waals surface area contributed by atoms with Crippen molar-refractivity contribution in [1.29, 1.82) is 0 Å². The van der Waals surface area contributed by atoms with E-state index in [0.29, 0.717) is 67.8 Å². The fourth-order valence-electron chi connectivity index (χ4n) is 7.32. The molecule has 0 spiro atoms. The lowest BCUT2D eigenvalue weighted by Crippen LogP contribution is -2.35. The average Bonchev–Trinajstić information content (AvgIpc) is 1.62. The molecular formula is C58H64BBrF4N22O12S2. The number of nitrogens with one attached hydrogen (secondary N) is 2. The Morgan fingerprint density at radius 3 is 1.43 bits per heavy atom. The number of amides is 2. The third-order valence-corrected chi connectivity index (χ3v) is 15.1. The number of rotatable bonds is 13. The van der Waals surface area contributed by atoms with Crippen LogP contribution in [-0.2, 0) is 49.4 Å². The van der Waals surface area contributed by atoms with Gasteiger partial charge in [-0.1, -0.05) is 39.3 Å². The molecule has 2 aromatic carbocycles. The fourth-order valence-corrected chi connectivity index (χ4v) is 9.55. The molecule has 0 atom stereocenters. The van der Waals surface area contributed by atoms with E-state index in [1.165, 1.54) is 66.9 Å². The molecule has 10 heterocycles. The van der Waals surface area contributed by atoms with Gasteiger partial charge >= 0.3 is 7.12 Å². The smallest absolute Gasteiger partial charge is 0.422 e. The van der Waals surface area contributed by atoms with Crippen molar-refractivity contribution in [1.82, 2.24) is 79.3 Å². The number of nitrogens with zero attached hydrogens (tertiary/aromatic N) is 18. The summed E-state index contributed by atoms with van der Waals surface area (Å²) in [6, 6.07) is 21.8. The van der Waals surface area contributed by atoms with Crippen LogP contribution >= 0.6 is 38.6 Å². The molecule has 0 aliphatic rings. The number of hydrogen-bond acceptors (Lipinski definition) is 27. The summed E-state index contributed by atoms with van der Waals surface area (Å²) in [6.45, 7) is 13.3. The van der Waals surface area contributed by atoms with Crippen LogP contribution in [0.25, 0.3) is 50.0 Å². The highest BCUT2D eigenvalue weighted by molar-refractivity contribution is 9.11. The summed E-state index contributed by atoms with van der Waals surface area (Å²) in [6.07, 6.45) is 5.29. The molecule has 12 rings (SSSR count). The van der Waals surface area contributed by atoms with E-state index < -0.39 is 59.5 Å². The first-order chi connectivity index (χ1) is 47.6. The number of halogens is 5. The fraction of sp³-hybridized carbons (Fsp3) is 0.224. The zero-order valence-corrected chi connectivity index (χ0v) is 58.2. The number of ether oxygens (including phenoxy) is 3. The number of oxime groups is 1. The molecule has 0 aliphatic carbocycles. The molecule has 2 amide bonds. The van der Waals surface area contributed by atoms with Crippen molar-refractivity contribution in [2.24, 2.45) is 52.0 Å². The second-order valence-electron chi connectivity index (χ2n) is 19.4. The molecule has 12 aromatic rings. The van der Waals surface area contributed by atoms with Gasteiger partial charge in [0.25, 0.3) is 23.6 Å². The first-order valence-electron chi connectivity index (χ1n) is 28.1. The Balaban J connectivity index is 0.000000220. The second-order valence-corrected chi connectivity index (χ2v) is 23.0. The van der Waals surface area contributed by atoms with Gasteiger partial charge in [0.2, 0.25) is 35.1 Å². The number of amidine groups is 1. The maximum atomic E-state index is 13.7. The van der Waals surface area contributed by atoms with Crippen LogP contribution in [-0.4, -0.2) is 152 Å². The average molecular weight is 1490 g/mol. The molecule has 10 aromatic heterocycles. The van der Waals surface area contributed by atoms with E-state index in [2.05, 4.69) is 98.4 Å². The third kappa shape index (κ3) is 23.3. The highest BCUT2D eigenvalue weighted by Gasteiger charge is 2.23. The molecule has 0 saturated heterocycles. The molecule has 10 N–H and O–H groups in total. The van der Waals surface area contributed by atoms with Crippen LogP contribution in [0, 0.1) is 50.6 Å². The Kier molecular flexibility index (Phi) is 30.5. The summed E-state index contributed by atoms with van der Waals surface area (Å²) in [5, 5.41) is 71.4. The molecule has 0 saturated carbocycles. The van der Waals surface area contributed by atoms with Gasteiger partial charge in [0, 0.05) is 103 Å². The molecule has 100 heavy (non-hydrogen) atoms. The normalized spacial score (nSPS) is 10.6. The third-order valence-electron chi connectivity index (χ3n) is 12.3. The van der Waals surface area contributed by atoms with Crippen molar-refractivity contribution in [2.45, 2.75) is 33.7 Å². The van der Waals surface area contributed by atoms with Crippen molar-refractivity contribution >= 4 is 86.2 Å². The number of nitrogens with two attached hydrogens (primary N) is 2. The number of aryl methyl sites for hydroxylation is 8. The number of para-hydroxylation sites is 2. The molecule has 0 bridgehead atoms. The van der Waals surface area contributed by atoms with Gasteiger partial charge in [0.15, 0.2) is 5.84 Å². The topological polar surface area (TPSA) is 441 Å². The van der Waals surface area contributed by atoms with E-state index in [-0.39, 0.29) is 11.4 Å². The Hall–Kier alpha value is -11.0. The minimum atomic E-state index is -1.57. The number of hydrogen-bond donors (Lipinski definition) is 8. The lowest BCUT2D eigenvalue weighted by Gasteiger charge is -2.23. The minimum Gasteiger partial charge on any atom is -0.422 e. The number of methoxy groups -OCH3 is 3. The zero-order chi connectivity index (χ0) is 74.0. The van der Waals surface area contributed by atoms with E-state index in [1.807, 2.05) is 19.3 Å². The number of carbonyl (C=O) groups is 2. The second kappa shape index (κ2) is 38.2. The molecule has 0 fully saturated rings. The number of thiophene rings is 2. The highest BCUT2D eigenvalue weighted by Crippen LogP contribution is 2.32. The van der Waals surface area contributed by atoms with Crippen molar-refractivity contribution in [3.05, 3.63) is 181 Å². The summed E-state index contributed by atoms with van der Waals surface area (Å²) in [5.41, 5.74) is 7.51. The summed E-state index contributed by atoms with van der Waals surface area (Å²) >= 11 is 5.56. The summed E-state index contributed by atoms with van der Waals surface area (Å²) in [4.78, 5) is 40.8. The monoisotopic (exact) mass is 1490 g/mol. The Morgan fingerprint density at radius 1 is 0.630 bits per heavy atom.